The molecule has 0 radical (unpaired) electrons. The Morgan fingerprint density at radius 1 is 1.27 bits per heavy atom. The van der Waals surface area contributed by atoms with E-state index in [4.69, 9.17) is 0 Å². The smallest absolute Gasteiger partial charge is 0.127 e. The van der Waals surface area contributed by atoms with Gasteiger partial charge < -0.3 is 10.2 Å². The van der Waals surface area contributed by atoms with Gasteiger partial charge in [-0.3, -0.25) is 0 Å². The third-order valence-corrected chi connectivity index (χ3v) is 8.43. The molecule has 0 spiro atoms. The first-order valence-corrected chi connectivity index (χ1v) is 12.1. The highest BCUT2D eigenvalue weighted by molar-refractivity contribution is 5.29. The lowest BCUT2D eigenvalue weighted by Crippen LogP contribution is -2.36. The fraction of sp³-hybridized carbons (Fsp3) is 0.778. The molecule has 0 unspecified atom stereocenters. The minimum atomic E-state index is -1.12. The number of alkyl halides is 1. The Balaban J connectivity index is 1.67. The van der Waals surface area contributed by atoms with Crippen molar-refractivity contribution >= 4 is 0 Å². The molecule has 3 aliphatic carbocycles. The molecule has 3 aliphatic rings. The molecule has 0 aliphatic heterocycles. The molecule has 0 bridgehead atoms. The molecule has 2 N–H and O–H groups in total. The van der Waals surface area contributed by atoms with Crippen LogP contribution < -0.4 is 0 Å². The zero-order valence-electron chi connectivity index (χ0n) is 19.6. The van der Waals surface area contributed by atoms with Crippen LogP contribution in [0.4, 0.5) is 4.39 Å². The minimum Gasteiger partial charge on any atom is -0.390 e. The fourth-order valence-corrected chi connectivity index (χ4v) is 6.67. The van der Waals surface area contributed by atoms with Crippen LogP contribution in [0, 0.1) is 23.2 Å². The molecular weight excluding hydrogens is 375 g/mol. The van der Waals surface area contributed by atoms with E-state index in [2.05, 4.69) is 32.6 Å². The molecule has 0 aromatic heterocycles. The summed E-state index contributed by atoms with van der Waals surface area (Å²) in [7, 11) is 0. The van der Waals surface area contributed by atoms with Crippen LogP contribution in [0.5, 0.6) is 0 Å². The summed E-state index contributed by atoms with van der Waals surface area (Å²) in [6.45, 7) is 12.4. The summed E-state index contributed by atoms with van der Waals surface area (Å²) in [5, 5.41) is 20.1. The van der Waals surface area contributed by atoms with Crippen molar-refractivity contribution in [1.29, 1.82) is 0 Å². The number of rotatable bonds is 6. The zero-order chi connectivity index (χ0) is 22.1. The van der Waals surface area contributed by atoms with Crippen LogP contribution in [0.2, 0.25) is 0 Å². The maximum atomic E-state index is 14.1. The Morgan fingerprint density at radius 2 is 2.00 bits per heavy atom. The maximum Gasteiger partial charge on any atom is 0.127 e. The van der Waals surface area contributed by atoms with Crippen LogP contribution in [0.3, 0.4) is 0 Å². The third-order valence-electron chi connectivity index (χ3n) is 8.43. The van der Waals surface area contributed by atoms with Crippen LogP contribution in [-0.4, -0.2) is 28.1 Å². The summed E-state index contributed by atoms with van der Waals surface area (Å²) in [6.07, 6.45) is 12.8. The number of fused-ring (bicyclic) bond motifs is 1. The topological polar surface area (TPSA) is 40.5 Å². The predicted molar refractivity (Wildman–Crippen MR) is 123 cm³/mol. The molecule has 0 saturated heterocycles. The number of aliphatic hydroxyl groups excluding tert-OH is 1. The first kappa shape index (κ1) is 23.7. The van der Waals surface area contributed by atoms with Crippen LogP contribution in [0.15, 0.2) is 35.5 Å². The van der Waals surface area contributed by atoms with E-state index in [1.165, 1.54) is 37.7 Å². The second-order valence-corrected chi connectivity index (χ2v) is 11.3. The first-order valence-electron chi connectivity index (χ1n) is 12.1. The standard InChI is InChI=1S/C27H43FO2/c1-18(8-6-14-26(3,4)30)22-12-13-23-21(9-7-15-27(22,23)5)11-10-20-16-24(28)19(2)25(29)17-20/h10-11,18,22-25,29-30H,2,6-9,12-17H2,1,3-5H3/t18-,22-,23+,24+,25-,27-/m1/s1. The molecule has 2 nitrogen and oxygen atoms in total. The monoisotopic (exact) mass is 418 g/mol. The van der Waals surface area contributed by atoms with Gasteiger partial charge >= 0.3 is 0 Å². The number of halogens is 1. The molecule has 0 amide bonds. The summed E-state index contributed by atoms with van der Waals surface area (Å²) in [5.41, 5.74) is 2.68. The molecule has 170 valence electrons. The summed E-state index contributed by atoms with van der Waals surface area (Å²) < 4.78 is 14.1. The average molecular weight is 419 g/mol. The van der Waals surface area contributed by atoms with Crippen LogP contribution in [0.25, 0.3) is 0 Å². The van der Waals surface area contributed by atoms with E-state index in [0.717, 1.165) is 30.8 Å². The summed E-state index contributed by atoms with van der Waals surface area (Å²) in [6, 6.07) is 0. The average Bonchev–Trinajstić information content (AvgIpc) is 3.00. The first-order chi connectivity index (χ1) is 14.0. The van der Waals surface area contributed by atoms with Gasteiger partial charge in [0, 0.05) is 6.42 Å². The number of hydrogen-bond acceptors (Lipinski definition) is 2. The summed E-state index contributed by atoms with van der Waals surface area (Å²) >= 11 is 0. The van der Waals surface area contributed by atoms with Crippen molar-refractivity contribution in [2.24, 2.45) is 23.2 Å². The Hall–Kier alpha value is -0.930. The lowest BCUT2D eigenvalue weighted by molar-refractivity contribution is 0.0596. The summed E-state index contributed by atoms with van der Waals surface area (Å²) in [4.78, 5) is 0. The molecule has 0 heterocycles. The predicted octanol–water partition coefficient (Wildman–Crippen LogP) is 6.68. The molecule has 3 rings (SSSR count). The molecule has 0 aromatic carbocycles. The van der Waals surface area contributed by atoms with Crippen LogP contribution >= 0.6 is 0 Å². The molecule has 3 saturated carbocycles. The van der Waals surface area contributed by atoms with Gasteiger partial charge in [0.15, 0.2) is 0 Å². The number of aliphatic hydroxyl groups is 2. The molecule has 6 atom stereocenters. The van der Waals surface area contributed by atoms with Gasteiger partial charge in [-0.2, -0.15) is 0 Å². The van der Waals surface area contributed by atoms with Gasteiger partial charge in [-0.15, -0.1) is 0 Å². The highest BCUT2D eigenvalue weighted by Gasteiger charge is 2.50. The molecule has 0 aromatic rings. The molecular formula is C27H43FO2. The van der Waals surface area contributed by atoms with Gasteiger partial charge in [-0.05, 0) is 87.5 Å². The second kappa shape index (κ2) is 9.28. The number of hydrogen-bond donors (Lipinski definition) is 2. The van der Waals surface area contributed by atoms with Gasteiger partial charge in [-0.1, -0.05) is 56.6 Å². The van der Waals surface area contributed by atoms with E-state index in [1.807, 2.05) is 13.8 Å². The lowest BCUT2D eigenvalue weighted by Gasteiger charge is -2.44. The third kappa shape index (κ3) is 5.27. The number of allylic oxidation sites excluding steroid dienone is 3. The van der Waals surface area contributed by atoms with Crippen molar-refractivity contribution in [3.63, 3.8) is 0 Å². The van der Waals surface area contributed by atoms with Gasteiger partial charge in [0.25, 0.3) is 0 Å². The van der Waals surface area contributed by atoms with E-state index < -0.39 is 17.9 Å². The maximum absolute atomic E-state index is 14.1. The van der Waals surface area contributed by atoms with Crippen molar-refractivity contribution in [2.75, 3.05) is 0 Å². The van der Waals surface area contributed by atoms with E-state index in [0.29, 0.717) is 35.7 Å². The Kier molecular flexibility index (Phi) is 7.34. The van der Waals surface area contributed by atoms with Crippen molar-refractivity contribution in [2.45, 2.75) is 110 Å². The van der Waals surface area contributed by atoms with Crippen molar-refractivity contribution < 1.29 is 14.6 Å². The van der Waals surface area contributed by atoms with E-state index in [-0.39, 0.29) is 0 Å². The molecule has 30 heavy (non-hydrogen) atoms. The molecule has 3 heteroatoms. The van der Waals surface area contributed by atoms with Crippen LogP contribution in [-0.2, 0) is 0 Å². The second-order valence-electron chi connectivity index (χ2n) is 11.3. The highest BCUT2D eigenvalue weighted by atomic mass is 19.1. The summed E-state index contributed by atoms with van der Waals surface area (Å²) in [5.74, 6) is 2.07. The Morgan fingerprint density at radius 3 is 2.67 bits per heavy atom. The van der Waals surface area contributed by atoms with Gasteiger partial charge in [0.2, 0.25) is 0 Å². The van der Waals surface area contributed by atoms with Gasteiger partial charge in [-0.25, -0.2) is 4.39 Å². The largest absolute Gasteiger partial charge is 0.390 e. The molecule has 3 fully saturated rings. The lowest BCUT2D eigenvalue weighted by atomic mass is 9.60. The van der Waals surface area contributed by atoms with E-state index in [1.54, 1.807) is 0 Å². The SMILES string of the molecule is C=C1[C@H](O)CC(=CC=C2CCC[C@]3(C)[C@@H]([C@H](C)CCCC(C)(C)O)CC[C@@H]23)C[C@@H]1F. The Labute approximate surface area is 183 Å². The van der Waals surface area contributed by atoms with Crippen LogP contribution in [0.1, 0.15) is 91.9 Å². The quantitative estimate of drug-likeness (QED) is 0.472. The van der Waals surface area contributed by atoms with Gasteiger partial charge in [0.05, 0.1) is 11.7 Å². The van der Waals surface area contributed by atoms with Crippen molar-refractivity contribution in [3.05, 3.63) is 35.5 Å². The minimum absolute atomic E-state index is 0.335. The normalized spacial score (nSPS) is 38.8. The Bertz CT molecular complexity index is 669. The van der Waals surface area contributed by atoms with E-state index >= 15 is 0 Å². The van der Waals surface area contributed by atoms with Crippen molar-refractivity contribution in [3.8, 4) is 0 Å². The van der Waals surface area contributed by atoms with Gasteiger partial charge in [0.1, 0.15) is 6.17 Å². The fourth-order valence-electron chi connectivity index (χ4n) is 6.67. The van der Waals surface area contributed by atoms with Crippen molar-refractivity contribution in [1.82, 2.24) is 0 Å². The van der Waals surface area contributed by atoms with E-state index in [9.17, 15) is 14.6 Å². The zero-order valence-corrected chi connectivity index (χ0v) is 19.6. The highest BCUT2D eigenvalue weighted by Crippen LogP contribution is 2.60.